The summed E-state index contributed by atoms with van der Waals surface area (Å²) < 4.78 is 5.42. The summed E-state index contributed by atoms with van der Waals surface area (Å²) in [6.45, 7) is 5.12. The van der Waals surface area contributed by atoms with Crippen LogP contribution in [0, 0.1) is 11.3 Å². The molecule has 1 saturated heterocycles. The lowest BCUT2D eigenvalue weighted by Crippen LogP contribution is -2.55. The molecule has 1 saturated carbocycles. The monoisotopic (exact) mass is 298 g/mol. The smallest absolute Gasteiger partial charge is 0.317 e. The van der Waals surface area contributed by atoms with Gasteiger partial charge in [-0.2, -0.15) is 0 Å². The summed E-state index contributed by atoms with van der Waals surface area (Å²) in [4.78, 5) is 25.6. The number of likely N-dealkylation sites (tertiary alicyclic amines) is 1. The van der Waals surface area contributed by atoms with Crippen LogP contribution in [0.5, 0.6) is 0 Å². The fourth-order valence-corrected chi connectivity index (χ4v) is 3.42. The summed E-state index contributed by atoms with van der Waals surface area (Å²) >= 11 is 0. The van der Waals surface area contributed by atoms with Gasteiger partial charge in [-0.3, -0.25) is 4.79 Å². The number of carbonyl (C=O) groups is 2. The van der Waals surface area contributed by atoms with Crippen LogP contribution in [0.1, 0.15) is 39.5 Å². The van der Waals surface area contributed by atoms with Crippen molar-refractivity contribution in [3.63, 3.8) is 0 Å². The molecule has 2 fully saturated rings. The SMILES string of the molecule is COC1CN(C(=O)NC2CCCC2(C)C(=O)O)CCC1C. The summed E-state index contributed by atoms with van der Waals surface area (Å²) in [6, 6.07) is -0.453. The zero-order chi connectivity index (χ0) is 15.6. The Hall–Kier alpha value is -1.30. The zero-order valence-electron chi connectivity index (χ0n) is 13.1. The fraction of sp³-hybridized carbons (Fsp3) is 0.867. The van der Waals surface area contributed by atoms with Crippen LogP contribution in [0.2, 0.25) is 0 Å². The average molecular weight is 298 g/mol. The van der Waals surface area contributed by atoms with Crippen LogP contribution in [0.3, 0.4) is 0 Å². The molecule has 2 aliphatic rings. The Balaban J connectivity index is 1.97. The van der Waals surface area contributed by atoms with Crippen molar-refractivity contribution in [3.05, 3.63) is 0 Å². The number of nitrogens with zero attached hydrogens (tertiary/aromatic N) is 1. The van der Waals surface area contributed by atoms with Crippen LogP contribution in [0.15, 0.2) is 0 Å². The molecule has 6 nitrogen and oxygen atoms in total. The summed E-state index contributed by atoms with van der Waals surface area (Å²) in [5.41, 5.74) is -0.848. The first-order valence-corrected chi connectivity index (χ1v) is 7.70. The quantitative estimate of drug-likeness (QED) is 0.831. The first-order valence-electron chi connectivity index (χ1n) is 7.70. The number of piperidine rings is 1. The highest BCUT2D eigenvalue weighted by Gasteiger charge is 2.46. The number of hydrogen-bond acceptors (Lipinski definition) is 3. The number of nitrogens with one attached hydrogen (secondary N) is 1. The molecule has 0 bridgehead atoms. The Morgan fingerprint density at radius 1 is 1.38 bits per heavy atom. The normalized spacial score (nSPS) is 36.5. The van der Waals surface area contributed by atoms with Gasteiger partial charge >= 0.3 is 12.0 Å². The van der Waals surface area contributed by atoms with E-state index in [1.807, 2.05) is 0 Å². The number of ether oxygens (including phenoxy) is 1. The topological polar surface area (TPSA) is 78.9 Å². The Morgan fingerprint density at radius 3 is 2.71 bits per heavy atom. The van der Waals surface area contributed by atoms with Gasteiger partial charge in [0.15, 0.2) is 0 Å². The van der Waals surface area contributed by atoms with Crippen LogP contribution in [0.4, 0.5) is 4.79 Å². The minimum atomic E-state index is -0.848. The van der Waals surface area contributed by atoms with E-state index in [2.05, 4.69) is 12.2 Å². The summed E-state index contributed by atoms with van der Waals surface area (Å²) in [6.07, 6.45) is 3.15. The Kier molecular flexibility index (Phi) is 4.76. The van der Waals surface area contributed by atoms with Gasteiger partial charge < -0.3 is 20.1 Å². The molecular weight excluding hydrogens is 272 g/mol. The van der Waals surface area contributed by atoms with Crippen LogP contribution in [-0.2, 0) is 9.53 Å². The van der Waals surface area contributed by atoms with Gasteiger partial charge in [0, 0.05) is 26.2 Å². The number of carboxylic acid groups (broad SMARTS) is 1. The molecule has 21 heavy (non-hydrogen) atoms. The second kappa shape index (κ2) is 6.22. The predicted molar refractivity (Wildman–Crippen MR) is 78.1 cm³/mol. The largest absolute Gasteiger partial charge is 0.481 e. The van der Waals surface area contributed by atoms with Crippen LogP contribution in [0.25, 0.3) is 0 Å². The lowest BCUT2D eigenvalue weighted by atomic mass is 9.85. The van der Waals surface area contributed by atoms with Crippen molar-refractivity contribution in [1.82, 2.24) is 10.2 Å². The third kappa shape index (κ3) is 3.15. The second-order valence-electron chi connectivity index (χ2n) is 6.60. The standard InChI is InChI=1S/C15H26N2O4/c1-10-6-8-17(9-11(10)21-3)14(20)16-12-5-4-7-15(12,2)13(18)19/h10-12H,4-9H2,1-3H3,(H,16,20)(H,18,19). The van der Waals surface area contributed by atoms with Crippen LogP contribution in [-0.4, -0.2) is 54.4 Å². The first kappa shape index (κ1) is 16.1. The molecule has 6 heteroatoms. The highest BCUT2D eigenvalue weighted by molar-refractivity contribution is 5.79. The van der Waals surface area contributed by atoms with E-state index in [0.717, 1.165) is 19.3 Å². The van der Waals surface area contributed by atoms with Gasteiger partial charge in [-0.15, -0.1) is 0 Å². The van der Waals surface area contributed by atoms with Crippen molar-refractivity contribution < 1.29 is 19.4 Å². The van der Waals surface area contributed by atoms with Gasteiger partial charge in [0.2, 0.25) is 0 Å². The minimum absolute atomic E-state index is 0.0546. The number of hydrogen-bond donors (Lipinski definition) is 2. The molecule has 0 radical (unpaired) electrons. The molecule has 2 N–H and O–H groups in total. The minimum Gasteiger partial charge on any atom is -0.481 e. The van der Waals surface area contributed by atoms with Crippen molar-refractivity contribution >= 4 is 12.0 Å². The number of aliphatic carboxylic acids is 1. The summed E-state index contributed by atoms with van der Waals surface area (Å²) in [7, 11) is 1.67. The number of methoxy groups -OCH3 is 1. The van der Waals surface area contributed by atoms with E-state index in [9.17, 15) is 14.7 Å². The van der Waals surface area contributed by atoms with E-state index in [0.29, 0.717) is 25.4 Å². The van der Waals surface area contributed by atoms with Crippen molar-refractivity contribution in [2.24, 2.45) is 11.3 Å². The number of carboxylic acids is 1. The Bertz CT molecular complexity index is 414. The van der Waals surface area contributed by atoms with Gasteiger partial charge in [0.05, 0.1) is 11.5 Å². The predicted octanol–water partition coefficient (Wildman–Crippen LogP) is 1.70. The van der Waals surface area contributed by atoms with E-state index in [1.54, 1.807) is 18.9 Å². The van der Waals surface area contributed by atoms with Crippen LogP contribution >= 0.6 is 0 Å². The van der Waals surface area contributed by atoms with E-state index < -0.39 is 11.4 Å². The van der Waals surface area contributed by atoms with Gasteiger partial charge in [-0.05, 0) is 32.1 Å². The molecule has 0 aromatic carbocycles. The number of amides is 2. The maximum Gasteiger partial charge on any atom is 0.317 e. The Labute approximate surface area is 125 Å². The molecule has 0 aromatic heterocycles. The number of urea groups is 1. The first-order chi connectivity index (χ1) is 9.88. The summed E-state index contributed by atoms with van der Waals surface area (Å²) in [5.74, 6) is -0.387. The van der Waals surface area contributed by atoms with Gasteiger partial charge in [0.1, 0.15) is 0 Å². The van der Waals surface area contributed by atoms with Crippen molar-refractivity contribution in [1.29, 1.82) is 0 Å². The molecule has 120 valence electrons. The van der Waals surface area contributed by atoms with E-state index in [1.165, 1.54) is 0 Å². The highest BCUT2D eigenvalue weighted by Crippen LogP contribution is 2.38. The molecule has 1 heterocycles. The average Bonchev–Trinajstić information content (AvgIpc) is 2.82. The highest BCUT2D eigenvalue weighted by atomic mass is 16.5. The molecule has 4 atom stereocenters. The molecule has 1 aliphatic heterocycles. The van der Waals surface area contributed by atoms with Crippen molar-refractivity contribution in [2.45, 2.75) is 51.7 Å². The number of rotatable bonds is 3. The summed E-state index contributed by atoms with van der Waals surface area (Å²) in [5, 5.41) is 12.3. The van der Waals surface area contributed by atoms with Crippen molar-refractivity contribution in [2.75, 3.05) is 20.2 Å². The van der Waals surface area contributed by atoms with E-state index in [-0.39, 0.29) is 18.2 Å². The maximum atomic E-state index is 12.4. The lowest BCUT2D eigenvalue weighted by molar-refractivity contribution is -0.148. The Morgan fingerprint density at radius 2 is 2.10 bits per heavy atom. The molecule has 2 rings (SSSR count). The number of carbonyl (C=O) groups excluding carboxylic acids is 1. The van der Waals surface area contributed by atoms with E-state index >= 15 is 0 Å². The molecule has 1 aliphatic carbocycles. The van der Waals surface area contributed by atoms with Gasteiger partial charge in [-0.1, -0.05) is 13.3 Å². The van der Waals surface area contributed by atoms with E-state index in [4.69, 9.17) is 4.74 Å². The van der Waals surface area contributed by atoms with Gasteiger partial charge in [0.25, 0.3) is 0 Å². The zero-order valence-corrected chi connectivity index (χ0v) is 13.1. The molecule has 4 unspecified atom stereocenters. The third-order valence-electron chi connectivity index (χ3n) is 5.22. The third-order valence-corrected chi connectivity index (χ3v) is 5.22. The molecular formula is C15H26N2O4. The van der Waals surface area contributed by atoms with Crippen molar-refractivity contribution in [3.8, 4) is 0 Å². The maximum absolute atomic E-state index is 12.4. The van der Waals surface area contributed by atoms with Gasteiger partial charge in [-0.25, -0.2) is 4.79 Å². The lowest BCUT2D eigenvalue weighted by Gasteiger charge is -2.37. The molecule has 0 aromatic rings. The fourth-order valence-electron chi connectivity index (χ4n) is 3.42. The second-order valence-corrected chi connectivity index (χ2v) is 6.60. The molecule has 0 spiro atoms. The molecule has 2 amide bonds. The van der Waals surface area contributed by atoms with Crippen LogP contribution < -0.4 is 5.32 Å².